The van der Waals surface area contributed by atoms with Gasteiger partial charge in [0.25, 0.3) is 0 Å². The van der Waals surface area contributed by atoms with Crippen molar-refractivity contribution in [3.8, 4) is 5.75 Å². The highest BCUT2D eigenvalue weighted by atomic mass is 79.9. The van der Waals surface area contributed by atoms with Crippen LogP contribution in [0.5, 0.6) is 5.75 Å². The van der Waals surface area contributed by atoms with Crippen LogP contribution in [0.4, 0.5) is 0 Å². The number of H-pyrrole nitrogens is 1. The molecule has 0 spiro atoms. The number of aromatic hydroxyl groups is 1. The Bertz CT molecular complexity index is 705. The fourth-order valence-electron chi connectivity index (χ4n) is 3.26. The number of hydroxylamine groups is 2. The van der Waals surface area contributed by atoms with Crippen LogP contribution in [0.1, 0.15) is 17.3 Å². The minimum atomic E-state index is 0.0293. The number of aromatic nitrogens is 1. The molecule has 21 heavy (non-hydrogen) atoms. The number of phenols is 1. The van der Waals surface area contributed by atoms with Crippen LogP contribution in [0.25, 0.3) is 10.9 Å². The molecular weight excluding hydrogens is 354 g/mol. The predicted molar refractivity (Wildman–Crippen MR) is 87.2 cm³/mol. The number of nitrogens with two attached hydrogens (primary N) is 1. The molecule has 5 nitrogen and oxygen atoms in total. The Labute approximate surface area is 134 Å². The summed E-state index contributed by atoms with van der Waals surface area (Å²) in [5.74, 6) is 1.81. The molecule has 0 saturated carbocycles. The molecule has 0 radical (unpaired) electrons. The van der Waals surface area contributed by atoms with Gasteiger partial charge in [0.2, 0.25) is 0 Å². The third-order valence-electron chi connectivity index (χ3n) is 4.21. The van der Waals surface area contributed by atoms with Gasteiger partial charge in [-0.1, -0.05) is 0 Å². The summed E-state index contributed by atoms with van der Waals surface area (Å²) in [5.41, 5.74) is 9.77. The Balaban J connectivity index is 1.89. The minimum absolute atomic E-state index is 0.0293. The van der Waals surface area contributed by atoms with E-state index < -0.39 is 0 Å². The topological polar surface area (TPSA) is 74.5 Å². The van der Waals surface area contributed by atoms with Crippen molar-refractivity contribution >= 4 is 38.6 Å². The molecule has 112 valence electrons. The first-order chi connectivity index (χ1) is 10.1. The number of nitrogens with one attached hydrogen (secondary N) is 1. The van der Waals surface area contributed by atoms with Crippen LogP contribution >= 0.6 is 27.7 Å². The first-order valence-electron chi connectivity index (χ1n) is 6.91. The van der Waals surface area contributed by atoms with Gasteiger partial charge < -0.3 is 15.8 Å². The number of hydrogen-bond acceptors (Lipinski definition) is 5. The molecule has 2 aromatic rings. The molecule has 1 saturated heterocycles. The lowest BCUT2D eigenvalue weighted by molar-refractivity contribution is -0.175. The van der Waals surface area contributed by atoms with Gasteiger partial charge in [-0.25, -0.2) is 0 Å². The van der Waals surface area contributed by atoms with Gasteiger partial charge in [0.05, 0.1) is 10.5 Å². The summed E-state index contributed by atoms with van der Waals surface area (Å²) in [5, 5.41) is 13.0. The van der Waals surface area contributed by atoms with Crippen LogP contribution in [-0.2, 0) is 11.3 Å². The molecule has 1 aromatic carbocycles. The molecule has 4 rings (SSSR count). The maximum Gasteiger partial charge on any atom is 0.130 e. The molecule has 0 aliphatic carbocycles. The lowest BCUT2D eigenvalue weighted by atomic mass is 9.95. The molecule has 1 aromatic heterocycles. The van der Waals surface area contributed by atoms with E-state index in [1.807, 2.05) is 17.2 Å². The number of fused-ring (bicyclic) bond motifs is 5. The van der Waals surface area contributed by atoms with Gasteiger partial charge in [0.1, 0.15) is 11.7 Å². The van der Waals surface area contributed by atoms with Crippen molar-refractivity contribution in [1.82, 2.24) is 10.0 Å². The number of halogens is 1. The van der Waals surface area contributed by atoms with E-state index >= 15 is 0 Å². The summed E-state index contributed by atoms with van der Waals surface area (Å²) in [7, 11) is 0. The predicted octanol–water partition coefficient (Wildman–Crippen LogP) is 2.50. The number of rotatable bonds is 0. The van der Waals surface area contributed by atoms with Gasteiger partial charge >= 0.3 is 0 Å². The highest BCUT2D eigenvalue weighted by molar-refractivity contribution is 9.10. The SMILES string of the molecule is N[C@@H]1CSCON2CCc3c([nH]c4cc(Br)c(O)cc34)[C@H]12. The van der Waals surface area contributed by atoms with E-state index in [9.17, 15) is 5.11 Å². The molecule has 2 aliphatic rings. The lowest BCUT2D eigenvalue weighted by Gasteiger charge is -2.35. The second-order valence-corrected chi connectivity index (χ2v) is 7.32. The molecular formula is C14H16BrN3O2S. The zero-order valence-corrected chi connectivity index (χ0v) is 13.7. The fraction of sp³-hybridized carbons (Fsp3) is 0.429. The summed E-state index contributed by atoms with van der Waals surface area (Å²) in [4.78, 5) is 9.30. The van der Waals surface area contributed by atoms with Crippen molar-refractivity contribution in [2.45, 2.75) is 18.5 Å². The highest BCUT2D eigenvalue weighted by Crippen LogP contribution is 2.40. The molecule has 7 heteroatoms. The third kappa shape index (κ3) is 2.19. The van der Waals surface area contributed by atoms with Crippen LogP contribution in [0.15, 0.2) is 16.6 Å². The molecule has 1 fully saturated rings. The van der Waals surface area contributed by atoms with Crippen molar-refractivity contribution in [3.63, 3.8) is 0 Å². The van der Waals surface area contributed by atoms with Gasteiger partial charge in [-0.3, -0.25) is 4.84 Å². The molecule has 0 unspecified atom stereocenters. The van der Waals surface area contributed by atoms with Crippen molar-refractivity contribution in [2.24, 2.45) is 5.73 Å². The second-order valence-electron chi connectivity index (χ2n) is 5.48. The Morgan fingerprint density at radius 2 is 2.33 bits per heavy atom. The molecule has 2 atom stereocenters. The number of benzene rings is 1. The molecule has 4 N–H and O–H groups in total. The van der Waals surface area contributed by atoms with Gasteiger partial charge in [0.15, 0.2) is 0 Å². The molecule has 2 aliphatic heterocycles. The van der Waals surface area contributed by atoms with E-state index in [0.717, 1.165) is 35.3 Å². The summed E-state index contributed by atoms with van der Waals surface area (Å²) in [6, 6.07) is 3.83. The second kappa shape index (κ2) is 5.17. The van der Waals surface area contributed by atoms with E-state index in [-0.39, 0.29) is 17.8 Å². The van der Waals surface area contributed by atoms with Gasteiger partial charge in [0, 0.05) is 34.9 Å². The maximum absolute atomic E-state index is 9.94. The number of thioether (sulfide) groups is 1. The van der Waals surface area contributed by atoms with Gasteiger partial charge in [-0.05, 0) is 40.0 Å². The maximum atomic E-state index is 9.94. The monoisotopic (exact) mass is 369 g/mol. The fourth-order valence-corrected chi connectivity index (χ4v) is 4.36. The normalized spacial score (nSPS) is 26.4. The zero-order chi connectivity index (χ0) is 14.6. The van der Waals surface area contributed by atoms with Crippen LogP contribution < -0.4 is 5.73 Å². The highest BCUT2D eigenvalue weighted by Gasteiger charge is 2.37. The third-order valence-corrected chi connectivity index (χ3v) is 5.74. The van der Waals surface area contributed by atoms with Gasteiger partial charge in [-0.2, -0.15) is 5.06 Å². The summed E-state index contributed by atoms with van der Waals surface area (Å²) in [6.07, 6.45) is 0.893. The smallest absolute Gasteiger partial charge is 0.130 e. The Kier molecular flexibility index (Phi) is 3.42. The molecule has 0 amide bonds. The van der Waals surface area contributed by atoms with Crippen LogP contribution in [0, 0.1) is 0 Å². The molecule has 3 heterocycles. The van der Waals surface area contributed by atoms with Gasteiger partial charge in [-0.15, -0.1) is 11.8 Å². The average Bonchev–Trinajstić information content (AvgIpc) is 2.68. The Hall–Kier alpha value is -0.730. The molecule has 0 bridgehead atoms. The standard InChI is InChI=1S/C14H16BrN3O2S/c15-9-4-11-8(3-12(9)19)7-1-2-18-14(13(7)17-11)10(16)5-21-6-20-18/h3-4,10,14,17,19H,1-2,5-6,16H2/t10-,14+/m1/s1. The van der Waals surface area contributed by atoms with E-state index in [1.165, 1.54) is 5.56 Å². The van der Waals surface area contributed by atoms with Crippen molar-refractivity contribution < 1.29 is 9.94 Å². The van der Waals surface area contributed by atoms with Crippen molar-refractivity contribution in [1.29, 1.82) is 0 Å². The van der Waals surface area contributed by atoms with Crippen LogP contribution in [0.3, 0.4) is 0 Å². The number of hydrogen-bond donors (Lipinski definition) is 3. The average molecular weight is 370 g/mol. The largest absolute Gasteiger partial charge is 0.507 e. The Morgan fingerprint density at radius 1 is 1.48 bits per heavy atom. The Morgan fingerprint density at radius 3 is 3.19 bits per heavy atom. The summed E-state index contributed by atoms with van der Waals surface area (Å²) in [6.45, 7) is 0.829. The van der Waals surface area contributed by atoms with E-state index in [0.29, 0.717) is 10.4 Å². The van der Waals surface area contributed by atoms with E-state index in [1.54, 1.807) is 11.8 Å². The summed E-state index contributed by atoms with van der Waals surface area (Å²) < 4.78 is 0.697. The first-order valence-corrected chi connectivity index (χ1v) is 8.86. The van der Waals surface area contributed by atoms with Crippen molar-refractivity contribution in [2.75, 3.05) is 18.2 Å². The zero-order valence-electron chi connectivity index (χ0n) is 11.3. The number of aromatic amines is 1. The number of nitrogens with zero attached hydrogens (tertiary/aromatic N) is 1. The van der Waals surface area contributed by atoms with E-state index in [4.69, 9.17) is 10.6 Å². The van der Waals surface area contributed by atoms with Crippen LogP contribution in [-0.4, -0.2) is 39.4 Å². The first kappa shape index (κ1) is 13.9. The van der Waals surface area contributed by atoms with E-state index in [2.05, 4.69) is 20.9 Å². The summed E-state index contributed by atoms with van der Waals surface area (Å²) >= 11 is 5.10. The quantitative estimate of drug-likeness (QED) is 0.665. The number of phenolic OH excluding ortho intramolecular Hbond substituents is 1. The van der Waals surface area contributed by atoms with Crippen molar-refractivity contribution in [3.05, 3.63) is 27.9 Å². The minimum Gasteiger partial charge on any atom is -0.507 e. The van der Waals surface area contributed by atoms with Crippen LogP contribution in [0.2, 0.25) is 0 Å². The lowest BCUT2D eigenvalue weighted by Crippen LogP contribution is -2.44.